The summed E-state index contributed by atoms with van der Waals surface area (Å²) in [5.41, 5.74) is 1.92. The number of pyridine rings is 1. The topological polar surface area (TPSA) is 108 Å². The molecule has 0 aromatic carbocycles. The standard InChI is InChI=1S/C24H25Cl2N7O2S/c25-14-10-27-21-17(30-22(32-21)19-20(26)31-23(36-19)33-7-1-2-8-33)16(14)29-15-11-3-4-12(9-11)18(15)35-24(34)28-13-5-6-13/h3-4,10-13,15,18H,1-2,5-9H2,(H,28,34)(H2,27,29,30,32)/t11-,12+,15+,18-/m0/s1. The van der Waals surface area contributed by atoms with E-state index in [-0.39, 0.29) is 36.1 Å². The Bertz CT molecular complexity index is 1360. The molecule has 3 aliphatic carbocycles. The molecular weight excluding hydrogens is 521 g/mol. The molecule has 0 radical (unpaired) electrons. The van der Waals surface area contributed by atoms with Gasteiger partial charge in [0.2, 0.25) is 0 Å². The Morgan fingerprint density at radius 1 is 1.17 bits per heavy atom. The van der Waals surface area contributed by atoms with Crippen molar-refractivity contribution in [3.8, 4) is 10.7 Å². The van der Waals surface area contributed by atoms with Gasteiger partial charge < -0.3 is 25.3 Å². The maximum atomic E-state index is 12.4. The molecule has 0 spiro atoms. The van der Waals surface area contributed by atoms with E-state index < -0.39 is 0 Å². The van der Waals surface area contributed by atoms with Crippen LogP contribution in [0.2, 0.25) is 10.2 Å². The fourth-order valence-corrected chi connectivity index (χ4v) is 7.00. The van der Waals surface area contributed by atoms with Gasteiger partial charge >= 0.3 is 6.09 Å². The molecule has 12 heteroatoms. The van der Waals surface area contributed by atoms with Gasteiger partial charge in [-0.2, -0.15) is 0 Å². The van der Waals surface area contributed by atoms with Crippen LogP contribution in [-0.4, -0.2) is 57.3 Å². The summed E-state index contributed by atoms with van der Waals surface area (Å²) in [5, 5.41) is 8.32. The largest absolute Gasteiger partial charge is 0.443 e. The normalized spacial score (nSPS) is 26.8. The summed E-state index contributed by atoms with van der Waals surface area (Å²) in [4.78, 5) is 32.6. The van der Waals surface area contributed by atoms with Gasteiger partial charge in [0, 0.05) is 31.0 Å². The first-order valence-electron chi connectivity index (χ1n) is 12.4. The number of hydrogen-bond donors (Lipinski definition) is 3. The van der Waals surface area contributed by atoms with Crippen LogP contribution in [0.3, 0.4) is 0 Å². The van der Waals surface area contributed by atoms with Gasteiger partial charge in [0.05, 0.1) is 22.9 Å². The van der Waals surface area contributed by atoms with Crippen molar-refractivity contribution in [2.75, 3.05) is 23.3 Å². The lowest BCUT2D eigenvalue weighted by Gasteiger charge is -2.29. The highest BCUT2D eigenvalue weighted by Crippen LogP contribution is 2.45. The molecule has 3 fully saturated rings. The predicted octanol–water partition coefficient (Wildman–Crippen LogP) is 5.23. The molecule has 36 heavy (non-hydrogen) atoms. The van der Waals surface area contributed by atoms with Gasteiger partial charge in [-0.25, -0.2) is 19.7 Å². The average Bonchev–Trinajstić information content (AvgIpc) is 3.40. The summed E-state index contributed by atoms with van der Waals surface area (Å²) >= 11 is 14.7. The molecule has 3 aromatic heterocycles. The minimum Gasteiger partial charge on any atom is -0.443 e. The van der Waals surface area contributed by atoms with Gasteiger partial charge in [-0.3, -0.25) is 0 Å². The number of aromatic nitrogens is 4. The molecule has 4 atom stereocenters. The lowest BCUT2D eigenvalue weighted by Crippen LogP contribution is -2.42. The number of anilines is 2. The number of carbonyl (C=O) groups is 1. The molecule has 1 aliphatic heterocycles. The number of amides is 1. The van der Waals surface area contributed by atoms with Crippen molar-refractivity contribution in [2.24, 2.45) is 11.8 Å². The fraction of sp³-hybridized carbons (Fsp3) is 0.500. The van der Waals surface area contributed by atoms with Crippen LogP contribution in [0.5, 0.6) is 0 Å². The number of aromatic amines is 1. The first-order chi connectivity index (χ1) is 17.5. The number of nitrogens with zero attached hydrogens (tertiary/aromatic N) is 4. The smallest absolute Gasteiger partial charge is 0.407 e. The summed E-state index contributed by atoms with van der Waals surface area (Å²) in [5.74, 6) is 1.04. The number of hydrogen-bond acceptors (Lipinski definition) is 8. The number of H-pyrrole nitrogens is 1. The number of carbonyl (C=O) groups excluding carboxylic acids is 1. The van der Waals surface area contributed by atoms with Crippen LogP contribution in [-0.2, 0) is 4.74 Å². The Morgan fingerprint density at radius 2 is 1.97 bits per heavy atom. The lowest BCUT2D eigenvalue weighted by molar-refractivity contribution is 0.0772. The number of halogens is 2. The number of fused-ring (bicyclic) bond motifs is 3. The number of ether oxygens (including phenoxy) is 1. The summed E-state index contributed by atoms with van der Waals surface area (Å²) < 4.78 is 5.90. The molecule has 0 unspecified atom stereocenters. The van der Waals surface area contributed by atoms with Crippen molar-refractivity contribution in [3.05, 3.63) is 28.5 Å². The summed E-state index contributed by atoms with van der Waals surface area (Å²) in [7, 11) is 0. The SMILES string of the molecule is O=C(NC1CC1)O[C@@H]1[C@H](Nc2c(Cl)cnc3nc(-c4sc(N5CCCC5)nc4Cl)[nH]c23)[C@H]2C=C[C@@H]1C2. The molecule has 9 nitrogen and oxygen atoms in total. The maximum Gasteiger partial charge on any atom is 0.407 e. The molecule has 188 valence electrons. The Kier molecular flexibility index (Phi) is 5.52. The molecule has 2 bridgehead atoms. The quantitative estimate of drug-likeness (QED) is 0.364. The van der Waals surface area contributed by atoms with Crippen molar-refractivity contribution < 1.29 is 9.53 Å². The van der Waals surface area contributed by atoms with E-state index in [1.165, 1.54) is 24.2 Å². The van der Waals surface area contributed by atoms with Crippen LogP contribution < -0.4 is 15.5 Å². The van der Waals surface area contributed by atoms with Crippen LogP contribution in [0.1, 0.15) is 32.1 Å². The van der Waals surface area contributed by atoms with Gasteiger partial charge in [0.1, 0.15) is 16.5 Å². The molecular formula is C24H25Cl2N7O2S. The third kappa shape index (κ3) is 3.99. The number of nitrogens with one attached hydrogen (secondary N) is 3. The van der Waals surface area contributed by atoms with E-state index in [1.54, 1.807) is 6.20 Å². The molecule has 7 rings (SSSR count). The Hall–Kier alpha value is -2.56. The van der Waals surface area contributed by atoms with Crippen LogP contribution in [0.25, 0.3) is 21.9 Å². The van der Waals surface area contributed by atoms with E-state index in [1.807, 2.05) is 0 Å². The third-order valence-electron chi connectivity index (χ3n) is 7.48. The highest BCUT2D eigenvalue weighted by atomic mass is 35.5. The lowest BCUT2D eigenvalue weighted by atomic mass is 9.98. The fourth-order valence-electron chi connectivity index (χ4n) is 5.51. The highest BCUT2D eigenvalue weighted by Gasteiger charge is 2.47. The molecule has 3 aromatic rings. The number of imidazole rings is 1. The van der Waals surface area contributed by atoms with E-state index in [4.69, 9.17) is 32.9 Å². The summed E-state index contributed by atoms with van der Waals surface area (Å²) in [6.45, 7) is 1.99. The zero-order valence-corrected chi connectivity index (χ0v) is 21.7. The number of thiazole rings is 1. The van der Waals surface area contributed by atoms with Crippen molar-refractivity contribution >= 4 is 62.6 Å². The molecule has 2 saturated carbocycles. The van der Waals surface area contributed by atoms with Crippen molar-refractivity contribution in [1.29, 1.82) is 0 Å². The number of rotatable bonds is 6. The van der Waals surface area contributed by atoms with Crippen LogP contribution in [0.4, 0.5) is 15.6 Å². The van der Waals surface area contributed by atoms with Crippen molar-refractivity contribution in [1.82, 2.24) is 25.3 Å². The monoisotopic (exact) mass is 545 g/mol. The Morgan fingerprint density at radius 3 is 2.78 bits per heavy atom. The van der Waals surface area contributed by atoms with Gasteiger partial charge in [-0.05, 0) is 32.1 Å². The first kappa shape index (κ1) is 22.6. The van der Waals surface area contributed by atoms with Gasteiger partial charge in [0.25, 0.3) is 0 Å². The van der Waals surface area contributed by atoms with E-state index in [0.717, 1.165) is 42.4 Å². The van der Waals surface area contributed by atoms with Gasteiger partial charge in [0.15, 0.2) is 21.8 Å². The zero-order valence-electron chi connectivity index (χ0n) is 19.3. The molecule has 4 heterocycles. The van der Waals surface area contributed by atoms with E-state index in [0.29, 0.717) is 32.9 Å². The highest BCUT2D eigenvalue weighted by molar-refractivity contribution is 7.19. The van der Waals surface area contributed by atoms with E-state index in [9.17, 15) is 4.79 Å². The Labute approximate surface area is 221 Å². The van der Waals surface area contributed by atoms with Crippen LogP contribution in [0.15, 0.2) is 18.3 Å². The second-order valence-electron chi connectivity index (χ2n) is 9.98. The van der Waals surface area contributed by atoms with Crippen molar-refractivity contribution in [2.45, 2.75) is 50.3 Å². The predicted molar refractivity (Wildman–Crippen MR) is 141 cm³/mol. The average molecular weight is 546 g/mol. The number of alkyl carbamates (subject to hydrolysis) is 1. The van der Waals surface area contributed by atoms with Crippen LogP contribution >= 0.6 is 34.5 Å². The summed E-state index contributed by atoms with van der Waals surface area (Å²) in [6.07, 6.45) is 10.6. The molecule has 4 aliphatic rings. The molecule has 1 saturated heterocycles. The third-order valence-corrected chi connectivity index (χ3v) is 9.28. The maximum absolute atomic E-state index is 12.4. The van der Waals surface area contributed by atoms with Gasteiger partial charge in [-0.15, -0.1) is 0 Å². The zero-order chi connectivity index (χ0) is 24.4. The Balaban J connectivity index is 1.19. The molecule has 1 amide bonds. The second-order valence-corrected chi connectivity index (χ2v) is 11.7. The molecule has 3 N–H and O–H groups in total. The van der Waals surface area contributed by atoms with E-state index >= 15 is 0 Å². The summed E-state index contributed by atoms with van der Waals surface area (Å²) in [6, 6.07) is 0.147. The van der Waals surface area contributed by atoms with Crippen molar-refractivity contribution in [3.63, 3.8) is 0 Å². The second kappa shape index (κ2) is 8.78. The van der Waals surface area contributed by atoms with Gasteiger partial charge in [-0.1, -0.05) is 46.7 Å². The minimum absolute atomic E-state index is 0.103. The first-order valence-corrected chi connectivity index (χ1v) is 14.0. The van der Waals surface area contributed by atoms with E-state index in [2.05, 4.69) is 42.6 Å². The minimum atomic E-state index is -0.348. The van der Waals surface area contributed by atoms with Crippen LogP contribution in [0, 0.1) is 11.8 Å².